The number of hydroxylamine groups is 1. The van der Waals surface area contributed by atoms with Crippen molar-refractivity contribution >= 4 is 11.6 Å². The molecule has 0 heterocycles. The quantitative estimate of drug-likeness (QED) is 0.603. The van der Waals surface area contributed by atoms with Gasteiger partial charge in [0.05, 0.1) is 19.3 Å². The topological polar surface area (TPSA) is 73.6 Å². The van der Waals surface area contributed by atoms with Crippen molar-refractivity contribution in [3.8, 4) is 5.75 Å². The molecule has 0 aliphatic heterocycles. The van der Waals surface area contributed by atoms with Crippen LogP contribution in [-0.4, -0.2) is 19.6 Å². The van der Waals surface area contributed by atoms with Crippen LogP contribution in [0.2, 0.25) is 0 Å². The van der Waals surface area contributed by atoms with Gasteiger partial charge >= 0.3 is 0 Å². The van der Waals surface area contributed by atoms with Crippen molar-refractivity contribution in [2.24, 2.45) is 5.92 Å². The van der Waals surface area contributed by atoms with Crippen molar-refractivity contribution in [1.82, 2.24) is 5.48 Å². The van der Waals surface area contributed by atoms with Crippen LogP contribution >= 0.6 is 0 Å². The van der Waals surface area contributed by atoms with E-state index in [9.17, 15) is 4.79 Å². The fourth-order valence-corrected chi connectivity index (χ4v) is 1.20. The van der Waals surface area contributed by atoms with Gasteiger partial charge in [0.2, 0.25) is 0 Å². The molecule has 5 heteroatoms. The first kappa shape index (κ1) is 13.3. The average Bonchev–Trinajstić information content (AvgIpc) is 2.28. The van der Waals surface area contributed by atoms with E-state index in [1.165, 1.54) is 0 Å². The summed E-state index contributed by atoms with van der Waals surface area (Å²) in [5, 5.41) is 0. The molecule has 0 spiro atoms. The molecule has 5 nitrogen and oxygen atoms in total. The molecule has 1 rings (SSSR count). The van der Waals surface area contributed by atoms with Gasteiger partial charge in [-0.05, 0) is 18.1 Å². The van der Waals surface area contributed by atoms with Crippen molar-refractivity contribution in [3.63, 3.8) is 0 Å². The molecule has 3 N–H and O–H groups in total. The molecule has 1 aromatic carbocycles. The van der Waals surface area contributed by atoms with E-state index in [1.807, 2.05) is 13.8 Å². The third kappa shape index (κ3) is 3.96. The van der Waals surface area contributed by atoms with E-state index in [4.69, 9.17) is 15.3 Å². The molecule has 0 aromatic heterocycles. The number of nitrogens with two attached hydrogens (primary N) is 1. The van der Waals surface area contributed by atoms with Gasteiger partial charge in [0.1, 0.15) is 5.75 Å². The number of methoxy groups -OCH3 is 1. The summed E-state index contributed by atoms with van der Waals surface area (Å²) in [5.41, 5.74) is 8.81. The molecule has 0 bridgehead atoms. The molecule has 1 amide bonds. The first-order chi connectivity index (χ1) is 8.04. The van der Waals surface area contributed by atoms with Gasteiger partial charge in [-0.3, -0.25) is 9.63 Å². The maximum atomic E-state index is 11.7. The lowest BCUT2D eigenvalue weighted by atomic mass is 10.1. The Hall–Kier alpha value is -1.75. The molecular weight excluding hydrogens is 220 g/mol. The van der Waals surface area contributed by atoms with Crippen molar-refractivity contribution in [2.45, 2.75) is 13.8 Å². The number of carbonyl (C=O) groups excluding carboxylic acids is 1. The fourth-order valence-electron chi connectivity index (χ4n) is 1.20. The van der Waals surface area contributed by atoms with Gasteiger partial charge in [0, 0.05) is 11.8 Å². The Morgan fingerprint density at radius 2 is 2.18 bits per heavy atom. The van der Waals surface area contributed by atoms with Crippen LogP contribution in [0.5, 0.6) is 5.75 Å². The summed E-state index contributed by atoms with van der Waals surface area (Å²) in [5.74, 6) is 0.608. The molecule has 0 saturated carbocycles. The van der Waals surface area contributed by atoms with Crippen LogP contribution in [0.15, 0.2) is 18.2 Å². The molecule has 0 aliphatic rings. The number of carbonyl (C=O) groups is 1. The zero-order valence-corrected chi connectivity index (χ0v) is 10.3. The molecule has 0 unspecified atom stereocenters. The van der Waals surface area contributed by atoms with Crippen LogP contribution in [-0.2, 0) is 4.84 Å². The number of nitrogen functional groups attached to an aromatic ring is 1. The fraction of sp³-hybridized carbons (Fsp3) is 0.417. The number of benzene rings is 1. The zero-order chi connectivity index (χ0) is 12.8. The van der Waals surface area contributed by atoms with Crippen molar-refractivity contribution in [3.05, 3.63) is 23.8 Å². The van der Waals surface area contributed by atoms with Gasteiger partial charge < -0.3 is 10.5 Å². The highest BCUT2D eigenvalue weighted by Crippen LogP contribution is 2.19. The molecule has 0 fully saturated rings. The lowest BCUT2D eigenvalue weighted by Crippen LogP contribution is -2.26. The second kappa shape index (κ2) is 6.10. The lowest BCUT2D eigenvalue weighted by Gasteiger charge is -2.10. The van der Waals surface area contributed by atoms with Crippen LogP contribution in [0.4, 0.5) is 5.69 Å². The van der Waals surface area contributed by atoms with Crippen LogP contribution < -0.4 is 16.0 Å². The number of hydrogen-bond donors (Lipinski definition) is 2. The van der Waals surface area contributed by atoms with E-state index in [-0.39, 0.29) is 5.91 Å². The highest BCUT2D eigenvalue weighted by molar-refractivity contribution is 5.98. The van der Waals surface area contributed by atoms with E-state index >= 15 is 0 Å². The number of amides is 1. The summed E-state index contributed by atoms with van der Waals surface area (Å²) in [4.78, 5) is 16.7. The van der Waals surface area contributed by atoms with E-state index in [2.05, 4.69) is 5.48 Å². The Bertz CT molecular complexity index is 391. The standard InChI is InChI=1S/C12H18N2O3/c1-8(2)7-17-14-12(15)10-5-4-9(16-3)6-11(10)13/h4-6,8H,7,13H2,1-3H3,(H,14,15). The summed E-state index contributed by atoms with van der Waals surface area (Å²) in [6.07, 6.45) is 0. The first-order valence-electron chi connectivity index (χ1n) is 5.40. The van der Waals surface area contributed by atoms with Crippen LogP contribution in [0.3, 0.4) is 0 Å². The minimum absolute atomic E-state index is 0.350. The van der Waals surface area contributed by atoms with E-state index in [0.717, 1.165) is 0 Å². The van der Waals surface area contributed by atoms with Gasteiger partial charge in [-0.2, -0.15) is 0 Å². The Morgan fingerprint density at radius 3 is 2.71 bits per heavy atom. The third-order valence-corrected chi connectivity index (χ3v) is 2.08. The number of anilines is 1. The first-order valence-corrected chi connectivity index (χ1v) is 5.40. The van der Waals surface area contributed by atoms with E-state index in [1.54, 1.807) is 25.3 Å². The van der Waals surface area contributed by atoms with Crippen LogP contribution in [0.1, 0.15) is 24.2 Å². The minimum atomic E-state index is -0.356. The van der Waals surface area contributed by atoms with Gasteiger partial charge in [0.25, 0.3) is 5.91 Å². The Kier molecular flexibility index (Phi) is 4.78. The molecule has 94 valence electrons. The number of nitrogens with one attached hydrogen (secondary N) is 1. The molecule has 0 atom stereocenters. The summed E-state index contributed by atoms with van der Waals surface area (Å²) in [6.45, 7) is 4.45. The highest BCUT2D eigenvalue weighted by Gasteiger charge is 2.10. The van der Waals surface area contributed by atoms with Crippen molar-refractivity contribution < 1.29 is 14.4 Å². The van der Waals surface area contributed by atoms with Gasteiger partial charge in [-0.15, -0.1) is 0 Å². The van der Waals surface area contributed by atoms with Crippen LogP contribution in [0.25, 0.3) is 0 Å². The molecule has 1 aromatic rings. The Balaban J connectivity index is 2.63. The Labute approximate surface area is 101 Å². The smallest absolute Gasteiger partial charge is 0.276 e. The number of ether oxygens (including phenoxy) is 1. The average molecular weight is 238 g/mol. The largest absolute Gasteiger partial charge is 0.497 e. The molecule has 0 radical (unpaired) electrons. The molecule has 0 aliphatic carbocycles. The molecule has 0 saturated heterocycles. The third-order valence-electron chi connectivity index (χ3n) is 2.08. The van der Waals surface area contributed by atoms with Gasteiger partial charge in [-0.1, -0.05) is 13.8 Å². The monoisotopic (exact) mass is 238 g/mol. The predicted molar refractivity (Wildman–Crippen MR) is 65.7 cm³/mol. The zero-order valence-electron chi connectivity index (χ0n) is 10.3. The SMILES string of the molecule is COc1ccc(C(=O)NOCC(C)C)c(N)c1. The van der Waals surface area contributed by atoms with Gasteiger partial charge in [-0.25, -0.2) is 5.48 Å². The summed E-state index contributed by atoms with van der Waals surface area (Å²) >= 11 is 0. The second-order valence-electron chi connectivity index (χ2n) is 4.09. The van der Waals surface area contributed by atoms with Crippen LogP contribution in [0, 0.1) is 5.92 Å². The molecular formula is C12H18N2O3. The van der Waals surface area contributed by atoms with Crippen molar-refractivity contribution in [1.29, 1.82) is 0 Å². The van der Waals surface area contributed by atoms with E-state index in [0.29, 0.717) is 29.5 Å². The lowest BCUT2D eigenvalue weighted by molar-refractivity contribution is 0.0209. The highest BCUT2D eigenvalue weighted by atomic mass is 16.6. The molecule has 17 heavy (non-hydrogen) atoms. The van der Waals surface area contributed by atoms with E-state index < -0.39 is 0 Å². The van der Waals surface area contributed by atoms with Crippen molar-refractivity contribution in [2.75, 3.05) is 19.5 Å². The summed E-state index contributed by atoms with van der Waals surface area (Å²) in [6, 6.07) is 4.87. The second-order valence-corrected chi connectivity index (χ2v) is 4.09. The summed E-state index contributed by atoms with van der Waals surface area (Å²) < 4.78 is 5.00. The maximum absolute atomic E-state index is 11.7. The normalized spacial score (nSPS) is 10.4. The number of rotatable bonds is 5. The number of hydrogen-bond acceptors (Lipinski definition) is 4. The van der Waals surface area contributed by atoms with Gasteiger partial charge in [0.15, 0.2) is 0 Å². The maximum Gasteiger partial charge on any atom is 0.276 e. The summed E-state index contributed by atoms with van der Waals surface area (Å²) in [7, 11) is 1.54. The Morgan fingerprint density at radius 1 is 1.47 bits per heavy atom. The minimum Gasteiger partial charge on any atom is -0.497 e. The predicted octanol–water partition coefficient (Wildman–Crippen LogP) is 1.59.